The van der Waals surface area contributed by atoms with E-state index in [0.717, 1.165) is 32.1 Å². The van der Waals surface area contributed by atoms with Crippen LogP contribution in [0.3, 0.4) is 0 Å². The highest BCUT2D eigenvalue weighted by Crippen LogP contribution is 2.11. The van der Waals surface area contributed by atoms with E-state index in [1.165, 1.54) is 12.1 Å². The Kier molecular flexibility index (Phi) is 13.8. The Balaban J connectivity index is 0.00000484. The first-order chi connectivity index (χ1) is 10.8. The van der Waals surface area contributed by atoms with Crippen LogP contribution in [0.15, 0.2) is 29.3 Å². The smallest absolute Gasteiger partial charge is 0.191 e. The van der Waals surface area contributed by atoms with Crippen molar-refractivity contribution in [3.63, 3.8) is 0 Å². The lowest BCUT2D eigenvalue weighted by molar-refractivity contribution is 0.146. The summed E-state index contributed by atoms with van der Waals surface area (Å²) in [4.78, 5) is 4.44. The Bertz CT molecular complexity index is 447. The van der Waals surface area contributed by atoms with Crippen LogP contribution in [0.25, 0.3) is 0 Å². The van der Waals surface area contributed by atoms with Crippen molar-refractivity contribution < 1.29 is 13.9 Å². The van der Waals surface area contributed by atoms with Gasteiger partial charge in [-0.05, 0) is 32.4 Å². The highest BCUT2D eigenvalue weighted by atomic mass is 127. The first-order valence-electron chi connectivity index (χ1n) is 7.74. The number of hydrogen-bond donors (Lipinski definition) is 2. The second-order valence-corrected chi connectivity index (χ2v) is 4.54. The maximum absolute atomic E-state index is 13.0. The molecule has 2 N–H and O–H groups in total. The molecule has 0 unspecified atom stereocenters. The van der Waals surface area contributed by atoms with E-state index in [4.69, 9.17) is 9.47 Å². The molecule has 0 radical (unpaired) electrons. The first-order valence-corrected chi connectivity index (χ1v) is 7.74. The fourth-order valence-electron chi connectivity index (χ4n) is 1.74. The average molecular weight is 439 g/mol. The van der Waals surface area contributed by atoms with Gasteiger partial charge < -0.3 is 20.1 Å². The predicted octanol–water partition coefficient (Wildman–Crippen LogP) is 2.80. The van der Waals surface area contributed by atoms with Crippen molar-refractivity contribution in [3.8, 4) is 5.75 Å². The summed E-state index contributed by atoms with van der Waals surface area (Å²) in [6.07, 6.45) is 0.893. The van der Waals surface area contributed by atoms with E-state index in [0.29, 0.717) is 25.4 Å². The molecule has 0 aliphatic rings. The molecule has 1 rings (SSSR count). The van der Waals surface area contributed by atoms with Crippen LogP contribution < -0.4 is 15.4 Å². The van der Waals surface area contributed by atoms with Gasteiger partial charge in [-0.1, -0.05) is 6.07 Å². The summed E-state index contributed by atoms with van der Waals surface area (Å²) in [7, 11) is 0. The van der Waals surface area contributed by atoms with E-state index in [-0.39, 0.29) is 29.8 Å². The van der Waals surface area contributed by atoms with Gasteiger partial charge in [-0.15, -0.1) is 24.0 Å². The topological polar surface area (TPSA) is 54.9 Å². The third kappa shape index (κ3) is 11.1. The predicted molar refractivity (Wildman–Crippen MR) is 102 cm³/mol. The molecular weight excluding hydrogens is 412 g/mol. The number of guanidine groups is 1. The maximum atomic E-state index is 13.0. The van der Waals surface area contributed by atoms with Crippen LogP contribution in [0, 0.1) is 5.82 Å². The summed E-state index contributed by atoms with van der Waals surface area (Å²) in [5.74, 6) is 0.983. The lowest BCUT2D eigenvalue weighted by atomic mass is 10.3. The zero-order valence-electron chi connectivity index (χ0n) is 13.8. The third-order valence-corrected chi connectivity index (χ3v) is 2.72. The van der Waals surface area contributed by atoms with E-state index >= 15 is 0 Å². The monoisotopic (exact) mass is 439 g/mol. The molecule has 23 heavy (non-hydrogen) atoms. The molecule has 0 saturated heterocycles. The molecule has 0 spiro atoms. The largest absolute Gasteiger partial charge is 0.492 e. The molecule has 0 saturated carbocycles. The Morgan fingerprint density at radius 3 is 2.74 bits per heavy atom. The second kappa shape index (κ2) is 14.5. The van der Waals surface area contributed by atoms with Crippen molar-refractivity contribution in [2.45, 2.75) is 20.3 Å². The number of halogens is 2. The van der Waals surface area contributed by atoms with Crippen molar-refractivity contribution in [1.29, 1.82) is 0 Å². The first kappa shape index (κ1) is 21.9. The second-order valence-electron chi connectivity index (χ2n) is 4.54. The van der Waals surface area contributed by atoms with Crippen molar-refractivity contribution in [2.24, 2.45) is 4.99 Å². The van der Waals surface area contributed by atoms with Gasteiger partial charge in [0.2, 0.25) is 0 Å². The average Bonchev–Trinajstić information content (AvgIpc) is 2.51. The summed E-state index contributed by atoms with van der Waals surface area (Å²) in [5.41, 5.74) is 0. The fourth-order valence-corrected chi connectivity index (χ4v) is 1.74. The minimum absolute atomic E-state index is 0. The minimum Gasteiger partial charge on any atom is -0.492 e. The quantitative estimate of drug-likeness (QED) is 0.255. The van der Waals surface area contributed by atoms with E-state index in [1.807, 2.05) is 13.8 Å². The molecule has 0 fully saturated rings. The lowest BCUT2D eigenvalue weighted by Gasteiger charge is -2.12. The highest BCUT2D eigenvalue weighted by Gasteiger charge is 1.98. The Hall–Kier alpha value is -1.09. The minimum atomic E-state index is -0.297. The van der Waals surface area contributed by atoms with E-state index in [1.54, 1.807) is 12.1 Å². The van der Waals surface area contributed by atoms with Gasteiger partial charge in [0.05, 0.1) is 6.54 Å². The Morgan fingerprint density at radius 2 is 2.04 bits per heavy atom. The molecule has 0 bridgehead atoms. The van der Waals surface area contributed by atoms with Crippen LogP contribution in [0.2, 0.25) is 0 Å². The molecule has 0 aliphatic carbocycles. The summed E-state index contributed by atoms with van der Waals surface area (Å²) in [5, 5.41) is 6.34. The molecule has 0 aliphatic heterocycles. The van der Waals surface area contributed by atoms with Gasteiger partial charge in [0.15, 0.2) is 5.96 Å². The number of aliphatic imine (C=N–C) groups is 1. The van der Waals surface area contributed by atoms with E-state index < -0.39 is 0 Å². The van der Waals surface area contributed by atoms with Crippen LogP contribution >= 0.6 is 24.0 Å². The number of ether oxygens (including phenoxy) is 2. The maximum Gasteiger partial charge on any atom is 0.191 e. The number of nitrogens with zero attached hydrogens (tertiary/aromatic N) is 1. The molecule has 132 valence electrons. The van der Waals surface area contributed by atoms with Gasteiger partial charge in [-0.25, -0.2) is 4.39 Å². The van der Waals surface area contributed by atoms with Gasteiger partial charge in [-0.2, -0.15) is 0 Å². The van der Waals surface area contributed by atoms with Crippen LogP contribution in [0.1, 0.15) is 20.3 Å². The molecule has 1 aromatic rings. The molecule has 7 heteroatoms. The summed E-state index contributed by atoms with van der Waals surface area (Å²) in [6.45, 7) is 7.98. The van der Waals surface area contributed by atoms with Crippen LogP contribution in [0.4, 0.5) is 4.39 Å². The Morgan fingerprint density at radius 1 is 1.22 bits per heavy atom. The fraction of sp³-hybridized carbons (Fsp3) is 0.562. The number of nitrogens with one attached hydrogen (secondary N) is 2. The van der Waals surface area contributed by atoms with Gasteiger partial charge in [-0.3, -0.25) is 4.99 Å². The number of rotatable bonds is 10. The van der Waals surface area contributed by atoms with Crippen LogP contribution in [0.5, 0.6) is 5.75 Å². The van der Waals surface area contributed by atoms with Crippen LogP contribution in [-0.2, 0) is 4.74 Å². The van der Waals surface area contributed by atoms with Gasteiger partial charge in [0.25, 0.3) is 0 Å². The molecule has 5 nitrogen and oxygen atoms in total. The van der Waals surface area contributed by atoms with Crippen molar-refractivity contribution in [1.82, 2.24) is 10.6 Å². The zero-order chi connectivity index (χ0) is 16.0. The third-order valence-electron chi connectivity index (χ3n) is 2.72. The normalized spacial score (nSPS) is 10.8. The van der Waals surface area contributed by atoms with Gasteiger partial charge >= 0.3 is 0 Å². The molecule has 0 aromatic heterocycles. The van der Waals surface area contributed by atoms with Crippen molar-refractivity contribution >= 4 is 29.9 Å². The number of benzene rings is 1. The van der Waals surface area contributed by atoms with E-state index in [2.05, 4.69) is 15.6 Å². The van der Waals surface area contributed by atoms with E-state index in [9.17, 15) is 4.39 Å². The summed E-state index contributed by atoms with van der Waals surface area (Å²) >= 11 is 0. The molecule has 1 aromatic carbocycles. The summed E-state index contributed by atoms with van der Waals surface area (Å²) in [6, 6.07) is 6.12. The van der Waals surface area contributed by atoms with Gasteiger partial charge in [0.1, 0.15) is 18.2 Å². The SMILES string of the molecule is CCNC(=NCCCOCC)NCCOc1cccc(F)c1.I. The lowest BCUT2D eigenvalue weighted by Crippen LogP contribution is -2.39. The van der Waals surface area contributed by atoms with Crippen molar-refractivity contribution in [2.75, 3.05) is 39.5 Å². The zero-order valence-corrected chi connectivity index (χ0v) is 16.1. The molecule has 0 atom stereocenters. The molecular formula is C16H27FIN3O2. The Labute approximate surface area is 155 Å². The van der Waals surface area contributed by atoms with Crippen LogP contribution in [-0.4, -0.2) is 45.4 Å². The molecule has 0 heterocycles. The highest BCUT2D eigenvalue weighted by molar-refractivity contribution is 14.0. The summed E-state index contributed by atoms with van der Waals surface area (Å²) < 4.78 is 23.7. The number of hydrogen-bond acceptors (Lipinski definition) is 3. The molecule has 0 amide bonds. The van der Waals surface area contributed by atoms with Gasteiger partial charge in [0, 0.05) is 32.4 Å². The van der Waals surface area contributed by atoms with Crippen molar-refractivity contribution in [3.05, 3.63) is 30.1 Å². The standard InChI is InChI=1S/C16H26FN3O2.HI/c1-3-18-16(19-9-6-11-21-4-2)20-10-12-22-15-8-5-7-14(17)13-15;/h5,7-8,13H,3-4,6,9-12H2,1-2H3,(H2,18,19,20);1H.